The summed E-state index contributed by atoms with van der Waals surface area (Å²) in [7, 11) is 0. The molecule has 8 rings (SSSR count). The number of esters is 1. The van der Waals surface area contributed by atoms with Crippen LogP contribution in [-0.2, 0) is 47.5 Å². The van der Waals surface area contributed by atoms with E-state index in [9.17, 15) is 61.0 Å². The van der Waals surface area contributed by atoms with Crippen LogP contribution in [0.1, 0.15) is 107 Å². The molecule has 0 radical (unpaired) electrons. The lowest BCUT2D eigenvalue weighted by Gasteiger charge is -2.69. The molecule has 0 bridgehead atoms. The number of aliphatic hydroxyl groups is 11. The molecule has 11 N–H and O–H groups in total. The van der Waals surface area contributed by atoms with Gasteiger partial charge in [-0.1, -0.05) is 59.8 Å². The molecule has 21 heteroatoms. The van der Waals surface area contributed by atoms with E-state index < -0.39 is 140 Å². The molecule has 0 aromatic heterocycles. The summed E-state index contributed by atoms with van der Waals surface area (Å²) in [5, 5.41) is 117. The van der Waals surface area contributed by atoms with Crippen molar-refractivity contribution in [3.63, 3.8) is 0 Å². The van der Waals surface area contributed by atoms with Crippen molar-refractivity contribution in [3.8, 4) is 0 Å². The number of fused-ring (bicyclic) bond motifs is 5. The minimum Gasteiger partial charge on any atom is -0.432 e. The number of Topliss-reactive ketones (excluding diaryl/α,β-unsaturated/α-hetero) is 1. The first-order valence-corrected chi connectivity index (χ1v) is 26.2. The number of hydrogen-bond donors (Lipinski definition) is 11. The standard InChI is InChI=1S/C52H82O21/c1-23(24(2)53)11-16-52(47(65)73-46-42(72-45-41(64)37(60)33(56)25(3)69-45)38(61)36(59)29(70-46)22-68-43-39(62)34(57)27(54)20-66-43)18-17-50(7)26(19-52)9-10-31-49(6)14-13-32(48(4,5)30(49)12-15-51(31,50)8)71-44-40(63)35(58)28(55)21-67-44/h9-10,19,23,25,27-46,54-64H,11-18,20-22H2,1-8H3/t23-,25+,27-,28+,29-,30+,31-,32+,33+,34+,35+,36-,37-,38+,39-,40-,41-,42-,43+,44+,45-,46+,49+,50-,51-,52+/m1/s1. The zero-order chi connectivity index (χ0) is 53.5. The highest BCUT2D eigenvalue weighted by Crippen LogP contribution is 2.73. The van der Waals surface area contributed by atoms with E-state index in [1.165, 1.54) is 13.8 Å². The van der Waals surface area contributed by atoms with Gasteiger partial charge in [-0.2, -0.15) is 0 Å². The summed E-state index contributed by atoms with van der Waals surface area (Å²) in [6.45, 7) is 14.9. The number of hydrogen-bond acceptors (Lipinski definition) is 21. The minimum atomic E-state index is -1.93. The monoisotopic (exact) mass is 1040 g/mol. The van der Waals surface area contributed by atoms with Crippen LogP contribution in [0, 0.1) is 44.8 Å². The largest absolute Gasteiger partial charge is 0.432 e. The topological polar surface area (TPSA) is 331 Å². The maximum atomic E-state index is 15.3. The van der Waals surface area contributed by atoms with Crippen LogP contribution in [0.5, 0.6) is 0 Å². The van der Waals surface area contributed by atoms with Crippen molar-refractivity contribution in [2.45, 2.75) is 223 Å². The molecule has 6 fully saturated rings. The molecule has 73 heavy (non-hydrogen) atoms. The number of rotatable bonds is 13. The summed E-state index contributed by atoms with van der Waals surface area (Å²) in [6, 6.07) is 0. The van der Waals surface area contributed by atoms with Crippen LogP contribution in [-0.4, -0.2) is 204 Å². The van der Waals surface area contributed by atoms with Crippen molar-refractivity contribution < 1.29 is 104 Å². The number of carbonyl (C=O) groups excluding carboxylic acids is 2. The molecule has 21 nitrogen and oxygen atoms in total. The molecule has 0 spiro atoms. The third-order valence-corrected chi connectivity index (χ3v) is 19.4. The van der Waals surface area contributed by atoms with Crippen molar-refractivity contribution in [2.75, 3.05) is 19.8 Å². The molecule has 0 unspecified atom stereocenters. The fourth-order valence-corrected chi connectivity index (χ4v) is 14.1. The van der Waals surface area contributed by atoms with Gasteiger partial charge in [0.25, 0.3) is 0 Å². The lowest BCUT2D eigenvalue weighted by atomic mass is 9.36. The third-order valence-electron chi connectivity index (χ3n) is 19.4. The summed E-state index contributed by atoms with van der Waals surface area (Å²) >= 11 is 0. The molecule has 4 aliphatic heterocycles. The summed E-state index contributed by atoms with van der Waals surface area (Å²) in [6.07, 6.45) is -17.5. The van der Waals surface area contributed by atoms with E-state index in [2.05, 4.69) is 46.8 Å². The molecular weight excluding hydrogens is 961 g/mol. The van der Waals surface area contributed by atoms with E-state index in [-0.39, 0.29) is 66.0 Å². The van der Waals surface area contributed by atoms with E-state index in [0.29, 0.717) is 19.3 Å². The van der Waals surface area contributed by atoms with Crippen LogP contribution < -0.4 is 0 Å². The van der Waals surface area contributed by atoms with Crippen molar-refractivity contribution >= 4 is 11.8 Å². The molecule has 0 amide bonds. The van der Waals surface area contributed by atoms with E-state index in [1.54, 1.807) is 6.92 Å². The Morgan fingerprint density at radius 2 is 1.33 bits per heavy atom. The highest BCUT2D eigenvalue weighted by atomic mass is 16.8. The van der Waals surface area contributed by atoms with Gasteiger partial charge in [0.15, 0.2) is 25.0 Å². The van der Waals surface area contributed by atoms with Gasteiger partial charge in [0.05, 0.1) is 37.4 Å². The molecule has 416 valence electrons. The average Bonchev–Trinajstić information content (AvgIpc) is 3.34. The predicted octanol–water partition coefficient (Wildman–Crippen LogP) is -0.384. The van der Waals surface area contributed by atoms with E-state index >= 15 is 4.79 Å². The summed E-state index contributed by atoms with van der Waals surface area (Å²) < 4.78 is 47.4. The summed E-state index contributed by atoms with van der Waals surface area (Å²) in [5.41, 5.74) is -1.77. The second-order valence-corrected chi connectivity index (χ2v) is 24.0. The van der Waals surface area contributed by atoms with Crippen LogP contribution in [0.4, 0.5) is 0 Å². The molecule has 8 aliphatic rings. The van der Waals surface area contributed by atoms with Crippen molar-refractivity contribution in [1.29, 1.82) is 0 Å². The number of allylic oxidation sites excluding steroid dienone is 3. The van der Waals surface area contributed by atoms with Gasteiger partial charge in [-0.05, 0) is 104 Å². The van der Waals surface area contributed by atoms with Crippen molar-refractivity contribution in [1.82, 2.24) is 0 Å². The normalized spacial score (nSPS) is 51.2. The number of aliphatic hydroxyl groups excluding tert-OH is 11. The second kappa shape index (κ2) is 21.3. The van der Waals surface area contributed by atoms with Gasteiger partial charge in [-0.25, -0.2) is 0 Å². The van der Waals surface area contributed by atoms with Gasteiger partial charge >= 0.3 is 5.97 Å². The molecule has 0 aromatic carbocycles. The molecular formula is C52H82O21. The molecule has 2 saturated carbocycles. The Balaban J connectivity index is 1.08. The molecule has 4 aliphatic carbocycles. The first kappa shape index (κ1) is 57.1. The Hall–Kier alpha value is -2.10. The molecule has 26 atom stereocenters. The van der Waals surface area contributed by atoms with E-state index in [0.717, 1.165) is 24.8 Å². The van der Waals surface area contributed by atoms with Crippen LogP contribution in [0.15, 0.2) is 23.8 Å². The number of ketones is 1. The van der Waals surface area contributed by atoms with Gasteiger partial charge in [0, 0.05) is 5.92 Å². The highest BCUT2D eigenvalue weighted by molar-refractivity contribution is 5.81. The predicted molar refractivity (Wildman–Crippen MR) is 252 cm³/mol. The summed E-state index contributed by atoms with van der Waals surface area (Å²) in [4.78, 5) is 28.0. The third kappa shape index (κ3) is 10.1. The Morgan fingerprint density at radius 3 is 1.99 bits per heavy atom. The first-order valence-electron chi connectivity index (χ1n) is 26.2. The van der Waals surface area contributed by atoms with E-state index in [1.807, 2.05) is 6.08 Å². The molecule has 4 heterocycles. The first-order chi connectivity index (χ1) is 34.1. The fraction of sp³-hybridized carbons (Fsp3) is 0.885. The van der Waals surface area contributed by atoms with Gasteiger partial charge in [0.1, 0.15) is 79.0 Å². The Bertz CT molecular complexity index is 2040. The lowest BCUT2D eigenvalue weighted by Crippen LogP contribution is -2.65. The quantitative estimate of drug-likeness (QED) is 0.0827. The fourth-order valence-electron chi connectivity index (χ4n) is 14.1. The van der Waals surface area contributed by atoms with Crippen LogP contribution >= 0.6 is 0 Å². The SMILES string of the molecule is CC(=O)[C@H](C)CC[C@@]1(C(=O)O[C@@H]2O[C@H](CO[C@@H]3OC[C@@H](O)[C@H](O)[C@H]3O)[C@@H](O)[C@H](O)[C@H]2O[C@H]2O[C@@H](C)[C@H](O)[C@@H](O)[C@H]2O)C=C2C=C[C@@H]3[C@@]4(C)CC[C@H](O[C@@H]5OC[C@H](O)[C@H](O)[C@H]5O)C(C)(C)[C@@H]4CC[C@@]3(C)[C@]2(C)CC1. The molecule has 0 aromatic rings. The number of ether oxygens (including phenoxy) is 8. The van der Waals surface area contributed by atoms with Crippen molar-refractivity contribution in [2.24, 2.45) is 44.8 Å². The van der Waals surface area contributed by atoms with Crippen LogP contribution in [0.3, 0.4) is 0 Å². The van der Waals surface area contributed by atoms with Gasteiger partial charge in [0.2, 0.25) is 6.29 Å². The summed E-state index contributed by atoms with van der Waals surface area (Å²) in [5.74, 6) is -0.999. The second-order valence-electron chi connectivity index (χ2n) is 24.0. The maximum absolute atomic E-state index is 15.3. The van der Waals surface area contributed by atoms with Gasteiger partial charge < -0.3 is 94.1 Å². The zero-order valence-electron chi connectivity index (χ0n) is 43.2. The van der Waals surface area contributed by atoms with Crippen LogP contribution in [0.25, 0.3) is 0 Å². The van der Waals surface area contributed by atoms with Crippen LogP contribution in [0.2, 0.25) is 0 Å². The lowest BCUT2D eigenvalue weighted by molar-refractivity contribution is -0.364. The smallest absolute Gasteiger partial charge is 0.318 e. The Kier molecular flexibility index (Phi) is 16.6. The average molecular weight is 1040 g/mol. The van der Waals surface area contributed by atoms with E-state index in [4.69, 9.17) is 37.9 Å². The Labute approximate surface area is 426 Å². The van der Waals surface area contributed by atoms with Gasteiger partial charge in [-0.3, -0.25) is 9.59 Å². The maximum Gasteiger partial charge on any atom is 0.318 e. The number of carbonyl (C=O) groups is 2. The minimum absolute atomic E-state index is 0.0673. The van der Waals surface area contributed by atoms with Crippen molar-refractivity contribution in [3.05, 3.63) is 23.8 Å². The zero-order valence-corrected chi connectivity index (χ0v) is 43.2. The van der Waals surface area contributed by atoms with Gasteiger partial charge in [-0.15, -0.1) is 0 Å². The highest BCUT2D eigenvalue weighted by Gasteiger charge is 2.67. The Morgan fingerprint density at radius 1 is 0.699 bits per heavy atom. The molecule has 4 saturated heterocycles.